The predicted octanol–water partition coefficient (Wildman–Crippen LogP) is 2.33. The van der Waals surface area contributed by atoms with Crippen LogP contribution in [0.3, 0.4) is 0 Å². The van der Waals surface area contributed by atoms with Crippen molar-refractivity contribution in [1.29, 1.82) is 0 Å². The molecule has 150 valence electrons. The van der Waals surface area contributed by atoms with Gasteiger partial charge in [0, 0.05) is 26.0 Å². The Morgan fingerprint density at radius 1 is 1.26 bits per heavy atom. The molecule has 1 aromatic heterocycles. The molecule has 0 aliphatic rings. The van der Waals surface area contributed by atoms with Gasteiger partial charge < -0.3 is 10.2 Å². The third kappa shape index (κ3) is 7.72. The third-order valence-corrected chi connectivity index (χ3v) is 5.94. The molecule has 0 aliphatic carbocycles. The number of guanidine groups is 1. The first-order valence-corrected chi connectivity index (χ1v) is 10.7. The van der Waals surface area contributed by atoms with E-state index in [0.29, 0.717) is 13.1 Å². The first-order chi connectivity index (χ1) is 12.3. The SMILES string of the molecule is CN=C(NCc1ccc(CS(=O)(=O)NC)cc1)N(C)Cc1csc(C)n1.I. The van der Waals surface area contributed by atoms with E-state index in [4.69, 9.17) is 0 Å². The Bertz CT molecular complexity index is 850. The molecule has 10 heteroatoms. The van der Waals surface area contributed by atoms with E-state index in [9.17, 15) is 8.42 Å². The minimum absolute atomic E-state index is 0. The highest BCUT2D eigenvalue weighted by atomic mass is 127. The lowest BCUT2D eigenvalue weighted by Crippen LogP contribution is -2.38. The topological polar surface area (TPSA) is 86.7 Å². The molecule has 2 rings (SSSR count). The smallest absolute Gasteiger partial charge is 0.215 e. The third-order valence-electron chi connectivity index (χ3n) is 3.78. The molecule has 0 bridgehead atoms. The maximum absolute atomic E-state index is 11.6. The van der Waals surface area contributed by atoms with Gasteiger partial charge in [-0.2, -0.15) is 0 Å². The van der Waals surface area contributed by atoms with E-state index in [1.807, 2.05) is 43.1 Å². The number of hydrogen-bond donors (Lipinski definition) is 2. The highest BCUT2D eigenvalue weighted by molar-refractivity contribution is 14.0. The fraction of sp³-hybridized carbons (Fsp3) is 0.412. The highest BCUT2D eigenvalue weighted by Crippen LogP contribution is 2.10. The van der Waals surface area contributed by atoms with E-state index in [1.54, 1.807) is 18.4 Å². The summed E-state index contributed by atoms with van der Waals surface area (Å²) in [5.74, 6) is 0.756. The van der Waals surface area contributed by atoms with Gasteiger partial charge in [-0.15, -0.1) is 35.3 Å². The minimum atomic E-state index is -3.25. The highest BCUT2D eigenvalue weighted by Gasteiger charge is 2.10. The molecule has 0 saturated carbocycles. The largest absolute Gasteiger partial charge is 0.352 e. The van der Waals surface area contributed by atoms with Gasteiger partial charge in [-0.1, -0.05) is 24.3 Å². The Kier molecular flexibility index (Phi) is 9.63. The van der Waals surface area contributed by atoms with Crippen molar-refractivity contribution in [3.63, 3.8) is 0 Å². The normalized spacial score (nSPS) is 11.8. The minimum Gasteiger partial charge on any atom is -0.352 e. The van der Waals surface area contributed by atoms with Crippen LogP contribution in [-0.4, -0.2) is 45.4 Å². The summed E-state index contributed by atoms with van der Waals surface area (Å²) in [5, 5.41) is 6.42. The molecular formula is C17H26IN5O2S2. The van der Waals surface area contributed by atoms with Crippen LogP contribution in [0, 0.1) is 6.92 Å². The van der Waals surface area contributed by atoms with Crippen LogP contribution < -0.4 is 10.0 Å². The summed E-state index contributed by atoms with van der Waals surface area (Å²) >= 11 is 1.64. The van der Waals surface area contributed by atoms with Gasteiger partial charge in [0.15, 0.2) is 5.96 Å². The van der Waals surface area contributed by atoms with Crippen LogP contribution in [0.1, 0.15) is 21.8 Å². The van der Waals surface area contributed by atoms with E-state index in [1.165, 1.54) is 7.05 Å². The van der Waals surface area contributed by atoms with Crippen molar-refractivity contribution in [2.24, 2.45) is 4.99 Å². The van der Waals surface area contributed by atoms with Crippen LogP contribution in [0.25, 0.3) is 0 Å². The summed E-state index contributed by atoms with van der Waals surface area (Å²) in [5.41, 5.74) is 2.83. The number of rotatable bonds is 7. The van der Waals surface area contributed by atoms with E-state index >= 15 is 0 Å². The second kappa shape index (κ2) is 10.9. The molecule has 0 unspecified atom stereocenters. The fourth-order valence-corrected chi connectivity index (χ4v) is 3.79. The Balaban J connectivity index is 0.00000364. The van der Waals surface area contributed by atoms with Gasteiger partial charge in [-0.05, 0) is 25.1 Å². The maximum Gasteiger partial charge on any atom is 0.215 e. The molecule has 7 nitrogen and oxygen atoms in total. The molecule has 2 N–H and O–H groups in total. The molecule has 0 atom stereocenters. The predicted molar refractivity (Wildman–Crippen MR) is 122 cm³/mol. The zero-order chi connectivity index (χ0) is 19.2. The van der Waals surface area contributed by atoms with Crippen molar-refractivity contribution >= 4 is 51.3 Å². The lowest BCUT2D eigenvalue weighted by atomic mass is 10.1. The molecular weight excluding hydrogens is 497 g/mol. The first kappa shape index (κ1) is 23.8. The summed E-state index contributed by atoms with van der Waals surface area (Å²) < 4.78 is 25.5. The van der Waals surface area contributed by atoms with Crippen LogP contribution in [0.2, 0.25) is 0 Å². The molecule has 0 radical (unpaired) electrons. The molecule has 27 heavy (non-hydrogen) atoms. The van der Waals surface area contributed by atoms with Crippen molar-refractivity contribution in [1.82, 2.24) is 19.9 Å². The quantitative estimate of drug-likeness (QED) is 0.331. The van der Waals surface area contributed by atoms with Gasteiger partial charge in [-0.3, -0.25) is 4.99 Å². The summed E-state index contributed by atoms with van der Waals surface area (Å²) in [6.07, 6.45) is 0. The Morgan fingerprint density at radius 3 is 2.41 bits per heavy atom. The molecule has 0 aliphatic heterocycles. The van der Waals surface area contributed by atoms with Crippen molar-refractivity contribution in [2.75, 3.05) is 21.1 Å². The summed E-state index contributed by atoms with van der Waals surface area (Å²) in [4.78, 5) is 10.8. The number of nitrogens with zero attached hydrogens (tertiary/aromatic N) is 3. The molecule has 1 aromatic carbocycles. The number of sulfonamides is 1. The summed E-state index contributed by atoms with van der Waals surface area (Å²) in [6, 6.07) is 7.50. The maximum atomic E-state index is 11.6. The van der Waals surface area contributed by atoms with Crippen LogP contribution in [-0.2, 0) is 28.9 Å². The van der Waals surface area contributed by atoms with Crippen molar-refractivity contribution < 1.29 is 8.42 Å². The van der Waals surface area contributed by atoms with Crippen LogP contribution >= 0.6 is 35.3 Å². The van der Waals surface area contributed by atoms with Gasteiger partial charge in [0.2, 0.25) is 10.0 Å². The Hall–Kier alpha value is -1.24. The average Bonchev–Trinajstić information content (AvgIpc) is 3.01. The number of aromatic nitrogens is 1. The van der Waals surface area contributed by atoms with Gasteiger partial charge in [-0.25, -0.2) is 18.1 Å². The number of benzene rings is 1. The van der Waals surface area contributed by atoms with E-state index in [2.05, 4.69) is 25.4 Å². The Morgan fingerprint density at radius 2 is 1.89 bits per heavy atom. The second-order valence-electron chi connectivity index (χ2n) is 5.89. The monoisotopic (exact) mass is 523 g/mol. The standard InChI is InChI=1S/C17H25N5O2S2.HI/c1-13-21-16(11-25-13)10-22(4)17(18-2)20-9-14-5-7-15(8-6-14)12-26(23,24)19-3;/h5-8,11,19H,9-10,12H2,1-4H3,(H,18,20);1H. The number of aliphatic imine (C=N–C) groups is 1. The Labute approximate surface area is 182 Å². The second-order valence-corrected chi connectivity index (χ2v) is 8.88. The molecule has 2 aromatic rings. The van der Waals surface area contributed by atoms with Crippen molar-refractivity contribution in [3.05, 3.63) is 51.5 Å². The van der Waals surface area contributed by atoms with Crippen molar-refractivity contribution in [2.45, 2.75) is 25.8 Å². The van der Waals surface area contributed by atoms with E-state index in [-0.39, 0.29) is 29.7 Å². The number of aryl methyl sites for hydroxylation is 1. The molecule has 0 fully saturated rings. The van der Waals surface area contributed by atoms with Crippen molar-refractivity contribution in [3.8, 4) is 0 Å². The van der Waals surface area contributed by atoms with E-state index in [0.717, 1.165) is 27.8 Å². The van der Waals surface area contributed by atoms with Gasteiger partial charge >= 0.3 is 0 Å². The zero-order valence-electron chi connectivity index (χ0n) is 15.9. The molecule has 0 saturated heterocycles. The first-order valence-electron chi connectivity index (χ1n) is 8.15. The number of thiazole rings is 1. The summed E-state index contributed by atoms with van der Waals surface area (Å²) in [7, 11) is 1.88. The lowest BCUT2D eigenvalue weighted by Gasteiger charge is -2.21. The average molecular weight is 523 g/mol. The van der Waals surface area contributed by atoms with Crippen LogP contribution in [0.4, 0.5) is 0 Å². The van der Waals surface area contributed by atoms with Gasteiger partial charge in [0.1, 0.15) is 0 Å². The zero-order valence-corrected chi connectivity index (χ0v) is 19.9. The number of hydrogen-bond acceptors (Lipinski definition) is 5. The number of nitrogens with one attached hydrogen (secondary N) is 2. The lowest BCUT2D eigenvalue weighted by molar-refractivity contribution is 0.470. The van der Waals surface area contributed by atoms with Gasteiger partial charge in [0.25, 0.3) is 0 Å². The van der Waals surface area contributed by atoms with Gasteiger partial charge in [0.05, 0.1) is 23.0 Å². The molecule has 0 amide bonds. The van der Waals surface area contributed by atoms with Crippen LogP contribution in [0.5, 0.6) is 0 Å². The van der Waals surface area contributed by atoms with E-state index < -0.39 is 10.0 Å². The molecule has 1 heterocycles. The summed E-state index contributed by atoms with van der Waals surface area (Å²) in [6.45, 7) is 3.28. The number of halogens is 1. The van der Waals surface area contributed by atoms with Crippen LogP contribution in [0.15, 0.2) is 34.6 Å². The fourth-order valence-electron chi connectivity index (χ4n) is 2.41. The molecule has 0 spiro atoms.